The molecule has 0 radical (unpaired) electrons. The summed E-state index contributed by atoms with van der Waals surface area (Å²) in [7, 11) is 0. The second kappa shape index (κ2) is 8.36. The van der Waals surface area contributed by atoms with Gasteiger partial charge in [-0.1, -0.05) is 52.0 Å². The number of nitrogens with one attached hydrogen (secondary N) is 1. The van der Waals surface area contributed by atoms with Gasteiger partial charge in [0.2, 0.25) is 5.91 Å². The summed E-state index contributed by atoms with van der Waals surface area (Å²) in [5, 5.41) is 5.36. The summed E-state index contributed by atoms with van der Waals surface area (Å²) in [4.78, 5) is 16.5. The summed E-state index contributed by atoms with van der Waals surface area (Å²) in [6.07, 6.45) is 2.41. The molecular formula is C22H30N2OS. The van der Waals surface area contributed by atoms with Crippen LogP contribution < -0.4 is 5.32 Å². The van der Waals surface area contributed by atoms with Gasteiger partial charge in [0.1, 0.15) is 0 Å². The number of nitrogens with zero attached hydrogens (tertiary/aromatic N) is 1. The lowest BCUT2D eigenvalue weighted by molar-refractivity contribution is -0.117. The molecule has 1 fully saturated rings. The average Bonchev–Trinajstić information content (AvgIpc) is 3.31. The lowest BCUT2D eigenvalue weighted by Crippen LogP contribution is -2.34. The molecule has 0 aliphatic heterocycles. The zero-order valence-electron chi connectivity index (χ0n) is 16.3. The predicted octanol–water partition coefficient (Wildman–Crippen LogP) is 5.60. The van der Waals surface area contributed by atoms with Crippen molar-refractivity contribution >= 4 is 22.9 Å². The van der Waals surface area contributed by atoms with Crippen molar-refractivity contribution < 1.29 is 4.79 Å². The van der Waals surface area contributed by atoms with Crippen molar-refractivity contribution in [2.45, 2.75) is 65.0 Å². The zero-order valence-corrected chi connectivity index (χ0v) is 17.1. The minimum atomic E-state index is 0.100. The highest BCUT2D eigenvalue weighted by molar-refractivity contribution is 7.09. The van der Waals surface area contributed by atoms with E-state index in [2.05, 4.69) is 73.6 Å². The lowest BCUT2D eigenvalue weighted by atomic mass is 9.92. The van der Waals surface area contributed by atoms with Crippen LogP contribution in [0.3, 0.4) is 0 Å². The Kier molecular flexibility index (Phi) is 6.15. The van der Waals surface area contributed by atoms with Crippen LogP contribution in [0.15, 0.2) is 35.7 Å². The number of amides is 1. The van der Waals surface area contributed by atoms with Gasteiger partial charge in [-0.15, -0.1) is 11.3 Å². The maximum Gasteiger partial charge on any atom is 0.238 e. The predicted molar refractivity (Wildman–Crippen MR) is 111 cm³/mol. The molecule has 26 heavy (non-hydrogen) atoms. The van der Waals surface area contributed by atoms with Gasteiger partial charge < -0.3 is 5.32 Å². The number of benzene rings is 1. The van der Waals surface area contributed by atoms with Crippen molar-refractivity contribution in [1.82, 2.24) is 4.90 Å². The molecule has 1 amide bonds. The van der Waals surface area contributed by atoms with E-state index in [0.29, 0.717) is 24.4 Å². The Hall–Kier alpha value is -1.65. The van der Waals surface area contributed by atoms with Gasteiger partial charge in [0.15, 0.2) is 0 Å². The van der Waals surface area contributed by atoms with E-state index in [4.69, 9.17) is 0 Å². The van der Waals surface area contributed by atoms with Crippen molar-refractivity contribution in [2.75, 3.05) is 11.9 Å². The second-order valence-corrected chi connectivity index (χ2v) is 8.92. The number of hydrogen-bond acceptors (Lipinski definition) is 3. The topological polar surface area (TPSA) is 32.3 Å². The van der Waals surface area contributed by atoms with Gasteiger partial charge in [0.25, 0.3) is 0 Å². The third-order valence-corrected chi connectivity index (χ3v) is 5.85. The summed E-state index contributed by atoms with van der Waals surface area (Å²) >= 11 is 1.77. The van der Waals surface area contributed by atoms with Gasteiger partial charge in [-0.25, -0.2) is 0 Å². The quantitative estimate of drug-likeness (QED) is 0.656. The number of rotatable bonds is 8. The molecule has 0 unspecified atom stereocenters. The molecule has 0 atom stereocenters. The van der Waals surface area contributed by atoms with Crippen LogP contribution in [0.2, 0.25) is 0 Å². The number of thiophene rings is 1. The summed E-state index contributed by atoms with van der Waals surface area (Å²) in [6, 6.07) is 11.2. The Balaban J connectivity index is 1.74. The Morgan fingerprint density at radius 3 is 2.27 bits per heavy atom. The van der Waals surface area contributed by atoms with Gasteiger partial charge in [0, 0.05) is 23.2 Å². The van der Waals surface area contributed by atoms with E-state index in [0.717, 1.165) is 12.2 Å². The van der Waals surface area contributed by atoms with Crippen molar-refractivity contribution in [2.24, 2.45) is 0 Å². The van der Waals surface area contributed by atoms with Gasteiger partial charge in [-0.05, 0) is 47.3 Å². The molecule has 140 valence electrons. The van der Waals surface area contributed by atoms with Gasteiger partial charge in [-0.3, -0.25) is 9.69 Å². The van der Waals surface area contributed by atoms with Crippen LogP contribution in [0.25, 0.3) is 0 Å². The highest BCUT2D eigenvalue weighted by Crippen LogP contribution is 2.33. The second-order valence-electron chi connectivity index (χ2n) is 7.88. The zero-order chi connectivity index (χ0) is 18.7. The Bertz CT molecular complexity index is 706. The standard InChI is InChI=1S/C22H30N2OS/c1-15(2)19-8-5-9-20(16(3)4)22(19)23-21(25)14-24(17-10-11-17)13-18-7-6-12-26-18/h5-9,12,15-17H,10-11,13-14H2,1-4H3,(H,23,25). The minimum absolute atomic E-state index is 0.100. The fourth-order valence-electron chi connectivity index (χ4n) is 3.42. The molecule has 0 bridgehead atoms. The molecular weight excluding hydrogens is 340 g/mol. The molecule has 0 spiro atoms. The van der Waals surface area contributed by atoms with Crippen LogP contribution in [0, 0.1) is 0 Å². The summed E-state index contributed by atoms with van der Waals surface area (Å²) in [6.45, 7) is 10.1. The number of hydrogen-bond donors (Lipinski definition) is 1. The van der Waals surface area contributed by atoms with E-state index in [1.807, 2.05) is 0 Å². The van der Waals surface area contributed by atoms with E-state index in [1.165, 1.54) is 28.8 Å². The van der Waals surface area contributed by atoms with Crippen LogP contribution in [0.5, 0.6) is 0 Å². The SMILES string of the molecule is CC(C)c1cccc(C(C)C)c1NC(=O)CN(Cc1cccs1)C1CC1. The van der Waals surface area contributed by atoms with Crippen molar-refractivity contribution in [3.8, 4) is 0 Å². The molecule has 4 heteroatoms. The Labute approximate surface area is 161 Å². The van der Waals surface area contributed by atoms with E-state index in [9.17, 15) is 4.79 Å². The van der Waals surface area contributed by atoms with E-state index >= 15 is 0 Å². The van der Waals surface area contributed by atoms with Crippen LogP contribution in [0.1, 0.15) is 68.4 Å². The molecule has 0 saturated heterocycles. The number of anilines is 1. The van der Waals surface area contributed by atoms with Crippen molar-refractivity contribution in [3.63, 3.8) is 0 Å². The van der Waals surface area contributed by atoms with Crippen molar-refractivity contribution in [1.29, 1.82) is 0 Å². The Morgan fingerprint density at radius 1 is 1.12 bits per heavy atom. The molecule has 1 saturated carbocycles. The summed E-state index contributed by atoms with van der Waals surface area (Å²) in [5.74, 6) is 0.868. The lowest BCUT2D eigenvalue weighted by Gasteiger charge is -2.23. The molecule has 1 aromatic heterocycles. The Morgan fingerprint density at radius 2 is 1.77 bits per heavy atom. The van der Waals surface area contributed by atoms with E-state index < -0.39 is 0 Å². The molecule has 3 rings (SSSR count). The first-order valence-electron chi connectivity index (χ1n) is 9.64. The summed E-state index contributed by atoms with van der Waals surface area (Å²) < 4.78 is 0. The van der Waals surface area contributed by atoms with Crippen molar-refractivity contribution in [3.05, 3.63) is 51.7 Å². The number of para-hydroxylation sites is 1. The average molecular weight is 371 g/mol. The normalized spacial score (nSPS) is 14.4. The monoisotopic (exact) mass is 370 g/mol. The highest BCUT2D eigenvalue weighted by Gasteiger charge is 2.30. The third-order valence-electron chi connectivity index (χ3n) is 4.99. The maximum atomic E-state index is 12.9. The van der Waals surface area contributed by atoms with Crippen LogP contribution in [-0.4, -0.2) is 23.4 Å². The first kappa shape index (κ1) is 19.1. The van der Waals surface area contributed by atoms with Crippen LogP contribution >= 0.6 is 11.3 Å². The molecule has 1 heterocycles. The number of carbonyl (C=O) groups excluding carboxylic acids is 1. The molecule has 2 aromatic rings. The highest BCUT2D eigenvalue weighted by atomic mass is 32.1. The molecule has 1 aliphatic carbocycles. The molecule has 3 nitrogen and oxygen atoms in total. The first-order valence-corrected chi connectivity index (χ1v) is 10.5. The van der Waals surface area contributed by atoms with Crippen LogP contribution in [0.4, 0.5) is 5.69 Å². The third kappa shape index (κ3) is 4.74. The van der Waals surface area contributed by atoms with Gasteiger partial charge in [-0.2, -0.15) is 0 Å². The van der Waals surface area contributed by atoms with E-state index in [-0.39, 0.29) is 5.91 Å². The van der Waals surface area contributed by atoms with Crippen LogP contribution in [-0.2, 0) is 11.3 Å². The molecule has 1 aliphatic rings. The van der Waals surface area contributed by atoms with E-state index in [1.54, 1.807) is 11.3 Å². The first-order chi connectivity index (χ1) is 12.5. The fourth-order valence-corrected chi connectivity index (χ4v) is 4.14. The van der Waals surface area contributed by atoms with Gasteiger partial charge in [0.05, 0.1) is 6.54 Å². The van der Waals surface area contributed by atoms with Gasteiger partial charge >= 0.3 is 0 Å². The molecule has 1 N–H and O–H groups in total. The maximum absolute atomic E-state index is 12.9. The minimum Gasteiger partial charge on any atom is -0.324 e. The molecule has 1 aromatic carbocycles. The largest absolute Gasteiger partial charge is 0.324 e. The number of carbonyl (C=O) groups is 1. The summed E-state index contributed by atoms with van der Waals surface area (Å²) in [5.41, 5.74) is 3.47. The smallest absolute Gasteiger partial charge is 0.238 e. The fraction of sp³-hybridized carbons (Fsp3) is 0.500.